The summed E-state index contributed by atoms with van der Waals surface area (Å²) in [4.78, 5) is 0. The maximum Gasteiger partial charge on any atom is 0.369 e. The molecule has 114 valence electrons. The van der Waals surface area contributed by atoms with Crippen molar-refractivity contribution >= 4 is 13.7 Å². The molecule has 1 rings (SSSR count). The highest BCUT2D eigenvalue weighted by Crippen LogP contribution is 2.14. The molecule has 0 saturated carbocycles. The van der Waals surface area contributed by atoms with E-state index in [1.807, 2.05) is 6.07 Å². The minimum atomic E-state index is -2.28. The van der Waals surface area contributed by atoms with Crippen LogP contribution in [0.15, 0.2) is 30.3 Å². The molecule has 2 nitrogen and oxygen atoms in total. The standard InChI is InChI=1S/C17H30O2Si/c1-6-15(3)13-18-20(5,19-14-16(4)7-2)17-11-9-8-10-12-17/h8-12,15-16H,6-7,13-14H2,1-5H3. The quantitative estimate of drug-likeness (QED) is 0.639. The molecular formula is C17H30O2Si. The Hall–Kier alpha value is -0.643. The molecule has 3 heteroatoms. The molecular weight excluding hydrogens is 264 g/mol. The van der Waals surface area contributed by atoms with Gasteiger partial charge in [0.15, 0.2) is 0 Å². The minimum absolute atomic E-state index is 0.581. The third kappa shape index (κ3) is 5.39. The molecule has 0 aliphatic heterocycles. The van der Waals surface area contributed by atoms with Crippen LogP contribution in [0.5, 0.6) is 0 Å². The number of hydrogen-bond acceptors (Lipinski definition) is 2. The van der Waals surface area contributed by atoms with Crippen molar-refractivity contribution in [3.63, 3.8) is 0 Å². The Morgan fingerprint density at radius 3 is 1.75 bits per heavy atom. The van der Waals surface area contributed by atoms with Crippen LogP contribution in [0.25, 0.3) is 0 Å². The van der Waals surface area contributed by atoms with Crippen molar-refractivity contribution in [2.24, 2.45) is 11.8 Å². The molecule has 0 aliphatic carbocycles. The van der Waals surface area contributed by atoms with E-state index in [0.29, 0.717) is 11.8 Å². The fraction of sp³-hybridized carbons (Fsp3) is 0.647. The zero-order valence-corrected chi connectivity index (χ0v) is 14.7. The third-order valence-electron chi connectivity index (χ3n) is 3.98. The average molecular weight is 295 g/mol. The Bertz CT molecular complexity index is 353. The molecule has 20 heavy (non-hydrogen) atoms. The molecule has 0 amide bonds. The lowest BCUT2D eigenvalue weighted by Gasteiger charge is -2.30. The van der Waals surface area contributed by atoms with Gasteiger partial charge in [0.1, 0.15) is 0 Å². The van der Waals surface area contributed by atoms with E-state index in [9.17, 15) is 0 Å². The second-order valence-corrected chi connectivity index (χ2v) is 9.01. The van der Waals surface area contributed by atoms with Gasteiger partial charge in [-0.2, -0.15) is 0 Å². The summed E-state index contributed by atoms with van der Waals surface area (Å²) < 4.78 is 12.6. The van der Waals surface area contributed by atoms with E-state index >= 15 is 0 Å². The molecule has 2 atom stereocenters. The first-order chi connectivity index (χ1) is 9.51. The van der Waals surface area contributed by atoms with Crippen LogP contribution in [0.1, 0.15) is 40.5 Å². The normalized spacial score (nSPS) is 17.4. The molecule has 1 aromatic rings. The summed E-state index contributed by atoms with van der Waals surface area (Å²) >= 11 is 0. The van der Waals surface area contributed by atoms with Gasteiger partial charge in [-0.3, -0.25) is 0 Å². The highest BCUT2D eigenvalue weighted by molar-refractivity contribution is 6.79. The smallest absolute Gasteiger partial charge is 0.369 e. The zero-order chi connectivity index (χ0) is 15.0. The van der Waals surface area contributed by atoms with E-state index in [-0.39, 0.29) is 0 Å². The first-order valence-electron chi connectivity index (χ1n) is 7.85. The van der Waals surface area contributed by atoms with Crippen LogP contribution in [0.3, 0.4) is 0 Å². The van der Waals surface area contributed by atoms with Crippen LogP contribution in [-0.4, -0.2) is 21.8 Å². The summed E-state index contributed by atoms with van der Waals surface area (Å²) in [5.74, 6) is 1.16. The minimum Gasteiger partial charge on any atom is -0.391 e. The Balaban J connectivity index is 2.77. The number of hydrogen-bond donors (Lipinski definition) is 0. The lowest BCUT2D eigenvalue weighted by Crippen LogP contribution is -2.52. The van der Waals surface area contributed by atoms with E-state index in [1.54, 1.807) is 0 Å². The van der Waals surface area contributed by atoms with Crippen LogP contribution in [0, 0.1) is 11.8 Å². The van der Waals surface area contributed by atoms with Crippen LogP contribution in [0.4, 0.5) is 0 Å². The molecule has 0 aliphatic rings. The van der Waals surface area contributed by atoms with Gasteiger partial charge < -0.3 is 8.85 Å². The topological polar surface area (TPSA) is 18.5 Å². The van der Waals surface area contributed by atoms with E-state index in [0.717, 1.165) is 26.1 Å². The van der Waals surface area contributed by atoms with Gasteiger partial charge in [-0.25, -0.2) is 0 Å². The van der Waals surface area contributed by atoms with Gasteiger partial charge in [-0.05, 0) is 23.6 Å². The monoisotopic (exact) mass is 294 g/mol. The summed E-state index contributed by atoms with van der Waals surface area (Å²) in [6.07, 6.45) is 2.29. The number of benzene rings is 1. The molecule has 0 radical (unpaired) electrons. The fourth-order valence-corrected chi connectivity index (χ4v) is 4.21. The molecule has 0 aromatic heterocycles. The summed E-state index contributed by atoms with van der Waals surface area (Å²) in [5, 5.41) is 1.23. The molecule has 0 bridgehead atoms. The van der Waals surface area contributed by atoms with E-state index in [2.05, 4.69) is 58.5 Å². The summed E-state index contributed by atoms with van der Waals surface area (Å²) in [5.41, 5.74) is 0. The maximum atomic E-state index is 6.28. The molecule has 0 saturated heterocycles. The summed E-state index contributed by atoms with van der Waals surface area (Å²) in [7, 11) is -2.28. The Labute approximate surface area is 125 Å². The molecule has 0 heterocycles. The van der Waals surface area contributed by atoms with E-state index in [4.69, 9.17) is 8.85 Å². The number of rotatable bonds is 9. The lowest BCUT2D eigenvalue weighted by molar-refractivity contribution is 0.145. The third-order valence-corrected chi connectivity index (χ3v) is 6.80. The van der Waals surface area contributed by atoms with Crippen LogP contribution < -0.4 is 5.19 Å². The molecule has 1 aromatic carbocycles. The second kappa shape index (κ2) is 8.60. The van der Waals surface area contributed by atoms with Gasteiger partial charge in [0.2, 0.25) is 0 Å². The van der Waals surface area contributed by atoms with Crippen LogP contribution in [-0.2, 0) is 8.85 Å². The second-order valence-electron chi connectivity index (χ2n) is 5.96. The van der Waals surface area contributed by atoms with Crippen molar-refractivity contribution < 1.29 is 8.85 Å². The van der Waals surface area contributed by atoms with Crippen LogP contribution >= 0.6 is 0 Å². The van der Waals surface area contributed by atoms with Crippen molar-refractivity contribution in [1.29, 1.82) is 0 Å². The predicted molar refractivity (Wildman–Crippen MR) is 88.5 cm³/mol. The Kier molecular flexibility index (Phi) is 7.49. The van der Waals surface area contributed by atoms with Gasteiger partial charge >= 0.3 is 8.56 Å². The van der Waals surface area contributed by atoms with Crippen LogP contribution in [0.2, 0.25) is 6.55 Å². The molecule has 2 unspecified atom stereocenters. The van der Waals surface area contributed by atoms with Crippen molar-refractivity contribution in [2.75, 3.05) is 13.2 Å². The fourth-order valence-electron chi connectivity index (χ4n) is 1.79. The van der Waals surface area contributed by atoms with Gasteiger partial charge in [-0.15, -0.1) is 0 Å². The van der Waals surface area contributed by atoms with Gasteiger partial charge in [0.05, 0.1) is 0 Å². The largest absolute Gasteiger partial charge is 0.391 e. The van der Waals surface area contributed by atoms with Gasteiger partial charge in [-0.1, -0.05) is 70.9 Å². The zero-order valence-electron chi connectivity index (χ0n) is 13.7. The van der Waals surface area contributed by atoms with Gasteiger partial charge in [0, 0.05) is 13.2 Å². The highest BCUT2D eigenvalue weighted by atomic mass is 28.4. The predicted octanol–water partition coefficient (Wildman–Crippen LogP) is 4.09. The van der Waals surface area contributed by atoms with Crippen molar-refractivity contribution in [1.82, 2.24) is 0 Å². The first-order valence-corrected chi connectivity index (χ1v) is 10.2. The molecule has 0 spiro atoms. The summed E-state index contributed by atoms with van der Waals surface area (Å²) in [6.45, 7) is 12.6. The van der Waals surface area contributed by atoms with E-state index in [1.165, 1.54) is 5.19 Å². The Morgan fingerprint density at radius 1 is 0.900 bits per heavy atom. The maximum absolute atomic E-state index is 6.28. The van der Waals surface area contributed by atoms with Gasteiger partial charge in [0.25, 0.3) is 0 Å². The Morgan fingerprint density at radius 2 is 1.35 bits per heavy atom. The average Bonchev–Trinajstić information content (AvgIpc) is 2.51. The SMILES string of the molecule is CCC(C)CO[Si](C)(OCC(C)CC)c1ccccc1. The van der Waals surface area contributed by atoms with Crippen molar-refractivity contribution in [3.8, 4) is 0 Å². The lowest BCUT2D eigenvalue weighted by atomic mass is 10.1. The van der Waals surface area contributed by atoms with Crippen molar-refractivity contribution in [3.05, 3.63) is 30.3 Å². The molecule has 0 N–H and O–H groups in total. The molecule has 0 fully saturated rings. The first kappa shape index (κ1) is 17.4. The van der Waals surface area contributed by atoms with E-state index < -0.39 is 8.56 Å². The summed E-state index contributed by atoms with van der Waals surface area (Å²) in [6, 6.07) is 10.5. The van der Waals surface area contributed by atoms with Crippen molar-refractivity contribution in [2.45, 2.75) is 47.1 Å². The highest BCUT2D eigenvalue weighted by Gasteiger charge is 2.35.